The highest BCUT2D eigenvalue weighted by Gasteiger charge is 2.03. The molecule has 0 atom stereocenters. The highest BCUT2D eigenvalue weighted by molar-refractivity contribution is 6.33. The average molecular weight is 278 g/mol. The Hall–Kier alpha value is -1.94. The quantitative estimate of drug-likeness (QED) is 0.901. The van der Waals surface area contributed by atoms with E-state index < -0.39 is 0 Å². The van der Waals surface area contributed by atoms with Gasteiger partial charge in [0.25, 0.3) is 0 Å². The van der Waals surface area contributed by atoms with E-state index in [4.69, 9.17) is 16.7 Å². The van der Waals surface area contributed by atoms with Crippen LogP contribution in [0.1, 0.15) is 5.69 Å². The second kappa shape index (κ2) is 5.80. The maximum absolute atomic E-state index is 9.16. The predicted molar refractivity (Wildman–Crippen MR) is 79.0 cm³/mol. The van der Waals surface area contributed by atoms with E-state index in [-0.39, 0.29) is 5.75 Å². The Bertz CT molecular complexity index is 555. The molecule has 1 aromatic heterocycles. The third-order valence-electron chi connectivity index (χ3n) is 2.71. The van der Waals surface area contributed by atoms with Gasteiger partial charge in [0.1, 0.15) is 5.75 Å². The van der Waals surface area contributed by atoms with Crippen LogP contribution in [0.2, 0.25) is 5.02 Å². The molecule has 2 aromatic rings. The van der Waals surface area contributed by atoms with Gasteiger partial charge in [-0.2, -0.15) is 0 Å². The van der Waals surface area contributed by atoms with Crippen LogP contribution < -0.4 is 10.2 Å². The summed E-state index contributed by atoms with van der Waals surface area (Å²) < 4.78 is 0. The Labute approximate surface area is 117 Å². The Morgan fingerprint density at radius 1 is 1.26 bits per heavy atom. The van der Waals surface area contributed by atoms with Crippen LogP contribution in [0.5, 0.6) is 5.75 Å². The minimum absolute atomic E-state index is 0.169. The fraction of sp³-hybridized carbons (Fsp3) is 0.214. The number of rotatable bonds is 4. The summed E-state index contributed by atoms with van der Waals surface area (Å²) >= 11 is 6.20. The van der Waals surface area contributed by atoms with Gasteiger partial charge >= 0.3 is 0 Å². The molecule has 0 radical (unpaired) electrons. The molecule has 100 valence electrons. The first-order valence-corrected chi connectivity index (χ1v) is 6.28. The molecule has 2 N–H and O–H groups in total. The number of nitrogens with zero attached hydrogens (tertiary/aromatic N) is 2. The van der Waals surface area contributed by atoms with Crippen LogP contribution in [0, 0.1) is 0 Å². The lowest BCUT2D eigenvalue weighted by atomic mass is 10.2. The molecule has 0 amide bonds. The minimum atomic E-state index is 0.169. The number of halogens is 1. The molecule has 0 unspecified atom stereocenters. The Kier molecular flexibility index (Phi) is 4.12. The van der Waals surface area contributed by atoms with Gasteiger partial charge in [0.15, 0.2) is 0 Å². The lowest BCUT2D eigenvalue weighted by Gasteiger charge is -2.15. The first kappa shape index (κ1) is 13.5. The third kappa shape index (κ3) is 3.51. The van der Waals surface area contributed by atoms with E-state index in [1.54, 1.807) is 12.1 Å². The van der Waals surface area contributed by atoms with Crippen molar-refractivity contribution in [2.45, 2.75) is 6.54 Å². The minimum Gasteiger partial charge on any atom is -0.506 e. The number of hydrogen-bond donors (Lipinski definition) is 2. The second-order valence-corrected chi connectivity index (χ2v) is 4.83. The standard InChI is InChI=1S/C14H16ClN3O/c1-18(2)14-6-4-10(7-13(14)15)16-8-11-3-5-12(19)9-17-11/h3-7,9,16,19H,8H2,1-2H3. The van der Waals surface area contributed by atoms with Gasteiger partial charge in [0, 0.05) is 19.8 Å². The van der Waals surface area contributed by atoms with Crippen molar-refractivity contribution in [1.82, 2.24) is 4.98 Å². The monoisotopic (exact) mass is 277 g/mol. The Morgan fingerprint density at radius 3 is 2.63 bits per heavy atom. The Balaban J connectivity index is 2.04. The lowest BCUT2D eigenvalue weighted by Crippen LogP contribution is -2.09. The summed E-state index contributed by atoms with van der Waals surface area (Å²) in [6.07, 6.45) is 1.43. The number of nitrogens with one attached hydrogen (secondary N) is 1. The van der Waals surface area contributed by atoms with Crippen LogP contribution in [0.4, 0.5) is 11.4 Å². The molecule has 0 aliphatic rings. The van der Waals surface area contributed by atoms with Crippen molar-refractivity contribution >= 4 is 23.0 Å². The summed E-state index contributed by atoms with van der Waals surface area (Å²) in [5, 5.41) is 13.1. The van der Waals surface area contributed by atoms with Crippen molar-refractivity contribution in [1.29, 1.82) is 0 Å². The summed E-state index contributed by atoms with van der Waals surface area (Å²) in [6, 6.07) is 9.22. The first-order valence-electron chi connectivity index (χ1n) is 5.91. The molecule has 1 heterocycles. The van der Waals surface area contributed by atoms with Crippen LogP contribution in [0.25, 0.3) is 0 Å². The van der Waals surface area contributed by atoms with Crippen LogP contribution in [-0.4, -0.2) is 24.2 Å². The maximum atomic E-state index is 9.16. The first-order chi connectivity index (χ1) is 9.06. The number of aromatic hydroxyl groups is 1. The van der Waals surface area contributed by atoms with Crippen molar-refractivity contribution in [3.05, 3.63) is 47.2 Å². The van der Waals surface area contributed by atoms with Gasteiger partial charge in [-0.25, -0.2) is 0 Å². The summed E-state index contributed by atoms with van der Waals surface area (Å²) in [7, 11) is 3.91. The molecule has 0 fully saturated rings. The highest BCUT2D eigenvalue weighted by atomic mass is 35.5. The highest BCUT2D eigenvalue weighted by Crippen LogP contribution is 2.27. The molecule has 1 aromatic carbocycles. The molecule has 0 bridgehead atoms. The molecule has 5 heteroatoms. The Morgan fingerprint density at radius 2 is 2.05 bits per heavy atom. The van der Waals surface area contributed by atoms with E-state index >= 15 is 0 Å². The molecule has 0 saturated carbocycles. The van der Waals surface area contributed by atoms with Crippen LogP contribution >= 0.6 is 11.6 Å². The van der Waals surface area contributed by atoms with Crippen molar-refractivity contribution in [3.63, 3.8) is 0 Å². The molecule has 0 aliphatic carbocycles. The smallest absolute Gasteiger partial charge is 0.133 e. The number of hydrogen-bond acceptors (Lipinski definition) is 4. The third-order valence-corrected chi connectivity index (χ3v) is 3.01. The molecule has 4 nitrogen and oxygen atoms in total. The van der Waals surface area contributed by atoms with Gasteiger partial charge in [0.05, 0.1) is 29.1 Å². The molecule has 19 heavy (non-hydrogen) atoms. The zero-order valence-corrected chi connectivity index (χ0v) is 11.6. The van der Waals surface area contributed by atoms with E-state index in [9.17, 15) is 0 Å². The van der Waals surface area contributed by atoms with Gasteiger partial charge in [-0.15, -0.1) is 0 Å². The molecule has 0 spiro atoms. The van der Waals surface area contributed by atoms with Crippen LogP contribution in [0.15, 0.2) is 36.5 Å². The molecular formula is C14H16ClN3O. The average Bonchev–Trinajstić information content (AvgIpc) is 2.37. The van der Waals surface area contributed by atoms with Crippen LogP contribution in [0.3, 0.4) is 0 Å². The summed E-state index contributed by atoms with van der Waals surface area (Å²) in [5.41, 5.74) is 2.77. The van der Waals surface area contributed by atoms with Gasteiger partial charge < -0.3 is 15.3 Å². The number of aromatic nitrogens is 1. The fourth-order valence-corrected chi connectivity index (χ4v) is 2.04. The van der Waals surface area contributed by atoms with Crippen molar-refractivity contribution in [2.75, 3.05) is 24.3 Å². The van der Waals surface area contributed by atoms with E-state index in [1.807, 2.05) is 37.2 Å². The summed E-state index contributed by atoms with van der Waals surface area (Å²) in [6.45, 7) is 0.581. The summed E-state index contributed by atoms with van der Waals surface area (Å²) in [5.74, 6) is 0.169. The number of pyridine rings is 1. The maximum Gasteiger partial charge on any atom is 0.133 e. The number of anilines is 2. The fourth-order valence-electron chi connectivity index (χ4n) is 1.69. The predicted octanol–water partition coefficient (Wildman–Crippen LogP) is 3.12. The van der Waals surface area contributed by atoms with E-state index in [0.717, 1.165) is 17.1 Å². The van der Waals surface area contributed by atoms with Gasteiger partial charge in [-0.3, -0.25) is 4.98 Å². The van der Waals surface area contributed by atoms with E-state index in [0.29, 0.717) is 11.6 Å². The second-order valence-electron chi connectivity index (χ2n) is 4.42. The SMILES string of the molecule is CN(C)c1ccc(NCc2ccc(O)cn2)cc1Cl. The topological polar surface area (TPSA) is 48.4 Å². The van der Waals surface area contributed by atoms with Gasteiger partial charge in [-0.1, -0.05) is 11.6 Å². The van der Waals surface area contributed by atoms with E-state index in [2.05, 4.69) is 10.3 Å². The van der Waals surface area contributed by atoms with E-state index in [1.165, 1.54) is 6.20 Å². The zero-order valence-electron chi connectivity index (χ0n) is 10.9. The lowest BCUT2D eigenvalue weighted by molar-refractivity contribution is 0.472. The molecule has 0 aliphatic heterocycles. The van der Waals surface area contributed by atoms with Gasteiger partial charge in [-0.05, 0) is 30.3 Å². The summed E-state index contributed by atoms with van der Waals surface area (Å²) in [4.78, 5) is 6.07. The molecule has 2 rings (SSSR count). The largest absolute Gasteiger partial charge is 0.506 e. The van der Waals surface area contributed by atoms with Crippen LogP contribution in [-0.2, 0) is 6.54 Å². The zero-order chi connectivity index (χ0) is 13.8. The normalized spacial score (nSPS) is 10.3. The molecule has 0 saturated heterocycles. The van der Waals surface area contributed by atoms with Crippen molar-refractivity contribution in [3.8, 4) is 5.75 Å². The van der Waals surface area contributed by atoms with Gasteiger partial charge in [0.2, 0.25) is 0 Å². The number of benzene rings is 1. The molecular weight excluding hydrogens is 262 g/mol. The van der Waals surface area contributed by atoms with Crippen molar-refractivity contribution < 1.29 is 5.11 Å². The van der Waals surface area contributed by atoms with Crippen molar-refractivity contribution in [2.24, 2.45) is 0 Å².